The molecule has 2 amide bonds. The number of nitrogens with zero attached hydrogens (tertiary/aromatic N) is 4. The molecule has 3 aromatic carbocycles. The molecular formula is C39H46N6O16. The minimum atomic E-state index is -1.49. The predicted molar refractivity (Wildman–Crippen MR) is 211 cm³/mol. The first kappa shape index (κ1) is 48.2. The van der Waals surface area contributed by atoms with E-state index in [0.29, 0.717) is 16.7 Å². The Morgan fingerprint density at radius 2 is 0.934 bits per heavy atom. The van der Waals surface area contributed by atoms with Crippen LogP contribution in [0.4, 0.5) is 5.69 Å². The van der Waals surface area contributed by atoms with Crippen LogP contribution in [0.1, 0.15) is 16.7 Å². The van der Waals surface area contributed by atoms with Gasteiger partial charge in [-0.25, -0.2) is 9.59 Å². The molecule has 22 nitrogen and oxygen atoms in total. The molecule has 0 aliphatic rings. The summed E-state index contributed by atoms with van der Waals surface area (Å²) in [6, 6.07) is 12.2. The van der Waals surface area contributed by atoms with Crippen LogP contribution >= 0.6 is 0 Å². The van der Waals surface area contributed by atoms with Gasteiger partial charge in [0.05, 0.1) is 37.6 Å². The number of carbonyl (C=O) groups excluding carboxylic acids is 2. The minimum absolute atomic E-state index is 0.0641. The number of hydrogen-bond donors (Lipinski definition) is 9. The highest BCUT2D eigenvalue weighted by atomic mass is 16.6. The standard InChI is InChI=1S/C39H46N6O16/c46-29-9-3-25(4-10-29)16-31(38(56)57)40-33(48)19-43(22-36(52)53)14-13-42(21-35(50)51)18-28(15-24-1-7-27(8-2-24)45(60)61)44(23-37(54)55)20-34(49)41-32(39(58)59)17-26-5-11-30(47)12-6-26/h1-12,28,31-32,46-47H,13-23H2,(H,40,48)(H,41,49)(H,50,51)(H,52,53)(H,54,55)(H,56,57)(H,58,59). The van der Waals surface area contributed by atoms with E-state index in [1.165, 1.54) is 77.7 Å². The van der Waals surface area contributed by atoms with Crippen LogP contribution in [0.15, 0.2) is 72.8 Å². The second kappa shape index (κ2) is 23.4. The normalized spacial score (nSPS) is 12.6. The molecule has 9 N–H and O–H groups in total. The van der Waals surface area contributed by atoms with Gasteiger partial charge in [-0.15, -0.1) is 0 Å². The van der Waals surface area contributed by atoms with Gasteiger partial charge in [0, 0.05) is 50.7 Å². The van der Waals surface area contributed by atoms with Crippen molar-refractivity contribution in [2.45, 2.75) is 37.4 Å². The van der Waals surface area contributed by atoms with Crippen molar-refractivity contribution in [3.05, 3.63) is 99.6 Å². The fourth-order valence-electron chi connectivity index (χ4n) is 6.24. The van der Waals surface area contributed by atoms with E-state index in [1.807, 2.05) is 0 Å². The Morgan fingerprint density at radius 1 is 0.541 bits per heavy atom. The van der Waals surface area contributed by atoms with E-state index in [2.05, 4.69) is 10.6 Å². The van der Waals surface area contributed by atoms with Gasteiger partial charge in [-0.3, -0.25) is 48.8 Å². The molecule has 0 spiro atoms. The molecular weight excluding hydrogens is 808 g/mol. The largest absolute Gasteiger partial charge is 0.508 e. The van der Waals surface area contributed by atoms with Crippen molar-refractivity contribution in [3.8, 4) is 11.5 Å². The lowest BCUT2D eigenvalue weighted by atomic mass is 10.0. The summed E-state index contributed by atoms with van der Waals surface area (Å²) in [5.74, 6) is -8.92. The number of aromatic hydroxyl groups is 2. The number of aliphatic carboxylic acids is 5. The van der Waals surface area contributed by atoms with Gasteiger partial charge < -0.3 is 46.4 Å². The Hall–Kier alpha value is -7.17. The number of nitro groups is 1. The van der Waals surface area contributed by atoms with Crippen LogP contribution in [0.5, 0.6) is 11.5 Å². The van der Waals surface area contributed by atoms with E-state index in [1.54, 1.807) is 0 Å². The van der Waals surface area contributed by atoms with Gasteiger partial charge >= 0.3 is 29.8 Å². The molecule has 328 valence electrons. The third-order valence-corrected chi connectivity index (χ3v) is 9.13. The van der Waals surface area contributed by atoms with E-state index in [4.69, 9.17) is 0 Å². The molecule has 0 saturated carbocycles. The first-order valence-corrected chi connectivity index (χ1v) is 18.5. The summed E-state index contributed by atoms with van der Waals surface area (Å²) in [4.78, 5) is 101. The first-order valence-electron chi connectivity index (χ1n) is 18.5. The summed E-state index contributed by atoms with van der Waals surface area (Å²) in [5.41, 5.74) is 1.05. The first-order chi connectivity index (χ1) is 28.8. The zero-order valence-electron chi connectivity index (χ0n) is 32.5. The number of non-ortho nitro benzene ring substituents is 1. The third kappa shape index (κ3) is 17.7. The number of carboxylic acid groups (broad SMARTS) is 5. The van der Waals surface area contributed by atoms with Crippen LogP contribution in [0, 0.1) is 10.1 Å². The van der Waals surface area contributed by atoms with E-state index in [0.717, 1.165) is 9.80 Å². The Labute approximate surface area is 347 Å². The zero-order chi connectivity index (χ0) is 45.2. The highest BCUT2D eigenvalue weighted by molar-refractivity contribution is 5.86. The van der Waals surface area contributed by atoms with Crippen molar-refractivity contribution >= 4 is 47.3 Å². The van der Waals surface area contributed by atoms with Crippen molar-refractivity contribution < 1.29 is 74.2 Å². The van der Waals surface area contributed by atoms with Gasteiger partial charge in [0.1, 0.15) is 23.6 Å². The summed E-state index contributed by atoms with van der Waals surface area (Å²) in [7, 11) is 0. The molecule has 3 atom stereocenters. The van der Waals surface area contributed by atoms with Gasteiger partial charge in [-0.05, 0) is 47.4 Å². The van der Waals surface area contributed by atoms with Gasteiger partial charge in [0.15, 0.2) is 0 Å². The second-order valence-corrected chi connectivity index (χ2v) is 14.0. The monoisotopic (exact) mass is 854 g/mol. The molecule has 0 bridgehead atoms. The molecule has 0 fully saturated rings. The van der Waals surface area contributed by atoms with Crippen LogP contribution < -0.4 is 10.6 Å². The number of amides is 2. The number of carboxylic acids is 5. The highest BCUT2D eigenvalue weighted by Crippen LogP contribution is 2.18. The van der Waals surface area contributed by atoms with E-state index in [9.17, 15) is 79.4 Å². The summed E-state index contributed by atoms with van der Waals surface area (Å²) in [5, 5.41) is 84.0. The second-order valence-electron chi connectivity index (χ2n) is 14.0. The summed E-state index contributed by atoms with van der Waals surface area (Å²) >= 11 is 0. The zero-order valence-corrected chi connectivity index (χ0v) is 32.5. The molecule has 0 aliphatic carbocycles. The molecule has 0 saturated heterocycles. The van der Waals surface area contributed by atoms with Gasteiger partial charge in [-0.2, -0.15) is 0 Å². The van der Waals surface area contributed by atoms with Crippen LogP contribution in [-0.2, 0) is 52.8 Å². The number of phenolic OH excluding ortho intramolecular Hbond substituents is 2. The van der Waals surface area contributed by atoms with Crippen molar-refractivity contribution in [1.82, 2.24) is 25.3 Å². The molecule has 0 radical (unpaired) electrons. The van der Waals surface area contributed by atoms with E-state index < -0.39 is 97.4 Å². The van der Waals surface area contributed by atoms with Crippen molar-refractivity contribution in [2.24, 2.45) is 0 Å². The van der Waals surface area contributed by atoms with E-state index >= 15 is 0 Å². The molecule has 3 aromatic rings. The van der Waals surface area contributed by atoms with Crippen LogP contribution in [0.3, 0.4) is 0 Å². The fourth-order valence-corrected chi connectivity index (χ4v) is 6.24. The Kier molecular flexibility index (Phi) is 18.5. The summed E-state index contributed by atoms with van der Waals surface area (Å²) < 4.78 is 0. The van der Waals surface area contributed by atoms with Gasteiger partial charge in [0.25, 0.3) is 5.69 Å². The number of nitro benzene ring substituents is 1. The van der Waals surface area contributed by atoms with Gasteiger partial charge in [-0.1, -0.05) is 36.4 Å². The quantitative estimate of drug-likeness (QED) is 0.0351. The molecule has 3 unspecified atom stereocenters. The lowest BCUT2D eigenvalue weighted by Gasteiger charge is -2.35. The lowest BCUT2D eigenvalue weighted by Crippen LogP contribution is -2.54. The van der Waals surface area contributed by atoms with Crippen molar-refractivity contribution in [1.29, 1.82) is 0 Å². The smallest absolute Gasteiger partial charge is 0.326 e. The third-order valence-electron chi connectivity index (χ3n) is 9.13. The van der Waals surface area contributed by atoms with Gasteiger partial charge in [0.2, 0.25) is 11.8 Å². The molecule has 3 rings (SSSR count). The average Bonchev–Trinajstić information content (AvgIpc) is 3.17. The lowest BCUT2D eigenvalue weighted by molar-refractivity contribution is -0.384. The topological polar surface area (TPSA) is 338 Å². The Morgan fingerprint density at radius 3 is 1.36 bits per heavy atom. The van der Waals surface area contributed by atoms with Crippen molar-refractivity contribution in [3.63, 3.8) is 0 Å². The summed E-state index contributed by atoms with van der Waals surface area (Å²) in [6.45, 7) is -4.50. The van der Waals surface area contributed by atoms with Crippen LogP contribution in [0.25, 0.3) is 0 Å². The van der Waals surface area contributed by atoms with Crippen molar-refractivity contribution in [2.75, 3.05) is 52.4 Å². The number of carbonyl (C=O) groups is 7. The Bertz CT molecular complexity index is 2010. The predicted octanol–water partition coefficient (Wildman–Crippen LogP) is -0.299. The minimum Gasteiger partial charge on any atom is -0.508 e. The molecule has 0 aliphatic heterocycles. The number of nitrogens with one attached hydrogen (secondary N) is 2. The maximum absolute atomic E-state index is 13.4. The highest BCUT2D eigenvalue weighted by Gasteiger charge is 2.30. The van der Waals surface area contributed by atoms with Crippen LogP contribution in [-0.4, -0.2) is 168 Å². The number of phenols is 2. The number of benzene rings is 3. The molecule has 0 heterocycles. The Balaban J connectivity index is 1.88. The van der Waals surface area contributed by atoms with E-state index in [-0.39, 0.29) is 56.1 Å². The van der Waals surface area contributed by atoms with Crippen LogP contribution in [0.2, 0.25) is 0 Å². The average molecular weight is 855 g/mol. The SMILES string of the molecule is O=C(O)CN(CCN(CC(=O)O)CC(Cc1ccc([N+](=O)[O-])cc1)N(CC(=O)O)CC(=O)NC(Cc1ccc(O)cc1)C(=O)O)CC(=O)NC(Cc1ccc(O)cc1)C(=O)O. The summed E-state index contributed by atoms with van der Waals surface area (Å²) in [6.07, 6.45) is -0.508. The molecule has 22 heteroatoms. The number of rotatable bonds is 27. The molecule has 61 heavy (non-hydrogen) atoms. The molecule has 0 aromatic heterocycles. The fraction of sp³-hybridized carbons (Fsp3) is 0.359. The number of hydrogen-bond acceptors (Lipinski definition) is 14. The maximum atomic E-state index is 13.4. The maximum Gasteiger partial charge on any atom is 0.326 e.